The smallest absolute Gasteiger partial charge is 0.264 e. The Labute approximate surface area is 294 Å². The number of hydrogen-bond donors (Lipinski definition) is 4. The van der Waals surface area contributed by atoms with Gasteiger partial charge in [0.05, 0.1) is 23.4 Å². The van der Waals surface area contributed by atoms with Crippen LogP contribution in [0.3, 0.4) is 0 Å². The van der Waals surface area contributed by atoms with Crippen LogP contribution < -0.4 is 26.0 Å². The van der Waals surface area contributed by atoms with Crippen LogP contribution in [0.25, 0.3) is 11.3 Å². The molecule has 0 saturated carbocycles. The van der Waals surface area contributed by atoms with E-state index in [2.05, 4.69) is 50.0 Å². The minimum Gasteiger partial charge on any atom is -0.507 e. The normalized spacial score (nSPS) is 17.4. The third-order valence-corrected chi connectivity index (χ3v) is 9.68. The molecule has 262 valence electrons. The van der Waals surface area contributed by atoms with E-state index >= 15 is 0 Å². The van der Waals surface area contributed by atoms with Gasteiger partial charge in [-0.15, -0.1) is 10.2 Å². The molecule has 0 aliphatic carbocycles. The molecular formula is C38H39N7O6. The maximum Gasteiger partial charge on any atom is 0.264 e. The first-order valence-corrected chi connectivity index (χ1v) is 17.2. The fourth-order valence-corrected chi connectivity index (χ4v) is 6.88. The van der Waals surface area contributed by atoms with Gasteiger partial charge < -0.3 is 25.8 Å². The summed E-state index contributed by atoms with van der Waals surface area (Å²) in [6, 6.07) is 21.3. The number of carbonyl (C=O) groups excluding carboxylic acids is 4. The van der Waals surface area contributed by atoms with Gasteiger partial charge in [0.2, 0.25) is 11.8 Å². The summed E-state index contributed by atoms with van der Waals surface area (Å²) in [6.07, 6.45) is 2.97. The van der Waals surface area contributed by atoms with Crippen LogP contribution in [-0.2, 0) is 22.6 Å². The van der Waals surface area contributed by atoms with Crippen molar-refractivity contribution in [2.75, 3.05) is 36.9 Å². The molecule has 4 amide bonds. The number of hydrogen-bond acceptors (Lipinski definition) is 11. The van der Waals surface area contributed by atoms with Crippen LogP contribution in [0, 0.1) is 5.92 Å². The first-order valence-electron chi connectivity index (χ1n) is 17.2. The van der Waals surface area contributed by atoms with Gasteiger partial charge in [0.25, 0.3) is 11.8 Å². The predicted octanol–water partition coefficient (Wildman–Crippen LogP) is 3.46. The third kappa shape index (κ3) is 7.11. The number of benzene rings is 3. The number of nitrogens with one attached hydrogen (secondary N) is 2. The summed E-state index contributed by atoms with van der Waals surface area (Å²) in [7, 11) is 0. The van der Waals surface area contributed by atoms with E-state index < -0.39 is 29.7 Å². The Bertz CT molecular complexity index is 1980. The van der Waals surface area contributed by atoms with E-state index in [9.17, 15) is 24.3 Å². The number of aromatic hydroxyl groups is 1. The molecule has 3 aliphatic rings. The van der Waals surface area contributed by atoms with Crippen molar-refractivity contribution in [1.82, 2.24) is 25.7 Å². The Morgan fingerprint density at radius 2 is 1.69 bits per heavy atom. The lowest BCUT2D eigenvalue weighted by Gasteiger charge is -2.42. The molecule has 3 aromatic carbocycles. The average molecular weight is 690 g/mol. The number of para-hydroxylation sites is 1. The Hall–Kier alpha value is -5.82. The summed E-state index contributed by atoms with van der Waals surface area (Å²) in [6.45, 7) is 3.64. The van der Waals surface area contributed by atoms with E-state index in [4.69, 9.17) is 10.5 Å². The summed E-state index contributed by atoms with van der Waals surface area (Å²) in [4.78, 5) is 53.7. The van der Waals surface area contributed by atoms with E-state index in [1.54, 1.807) is 36.4 Å². The molecule has 1 atom stereocenters. The number of carbonyl (C=O) groups is 4. The van der Waals surface area contributed by atoms with Gasteiger partial charge in [-0.2, -0.15) is 0 Å². The number of ether oxygens (including phenoxy) is 1. The van der Waals surface area contributed by atoms with Gasteiger partial charge in [-0.05, 0) is 67.1 Å². The minimum atomic E-state index is -0.971. The first-order chi connectivity index (χ1) is 24.8. The standard InChI is InChI=1S/C38H39N7O6/c39-35-32(19-28(42-43-35)26-6-1-2-9-31(26)46)51-18-16-23-10-12-24(13-11-23)20-40-17-4-5-25-21-44(22-25)29-8-3-7-27-34(29)38(50)45(37(27)49)30-14-15-33(47)41-36(30)48/h1-3,6-13,19,25,30,40,46H,4-5,14-18,20-22H2,(H2,39,43)(H,41,47,48). The molecule has 0 spiro atoms. The number of phenols is 1. The number of rotatable bonds is 13. The zero-order valence-electron chi connectivity index (χ0n) is 28.0. The minimum absolute atomic E-state index is 0.0934. The van der Waals surface area contributed by atoms with Crippen molar-refractivity contribution in [2.45, 2.75) is 44.7 Å². The molecule has 7 rings (SSSR count). The number of nitrogen functional groups attached to an aromatic ring is 1. The first kappa shape index (κ1) is 33.7. The molecule has 4 aromatic rings. The summed E-state index contributed by atoms with van der Waals surface area (Å²) in [5.41, 5.74) is 10.7. The number of fused-ring (bicyclic) bond motifs is 1. The molecule has 13 nitrogen and oxygen atoms in total. The van der Waals surface area contributed by atoms with Crippen LogP contribution in [-0.4, -0.2) is 76.1 Å². The number of anilines is 2. The molecule has 3 aliphatic heterocycles. The van der Waals surface area contributed by atoms with E-state index in [1.807, 2.05) is 12.1 Å². The Morgan fingerprint density at radius 1 is 0.922 bits per heavy atom. The van der Waals surface area contributed by atoms with Crippen LogP contribution in [0.15, 0.2) is 72.8 Å². The maximum absolute atomic E-state index is 13.4. The van der Waals surface area contributed by atoms with Crippen LogP contribution in [0.4, 0.5) is 11.5 Å². The highest BCUT2D eigenvalue weighted by Gasteiger charge is 2.46. The molecule has 2 fully saturated rings. The van der Waals surface area contributed by atoms with Gasteiger partial charge in [-0.25, -0.2) is 0 Å². The lowest BCUT2D eigenvalue weighted by atomic mass is 9.92. The second kappa shape index (κ2) is 14.6. The lowest BCUT2D eigenvalue weighted by Crippen LogP contribution is -2.54. The molecule has 0 radical (unpaired) electrons. The maximum atomic E-state index is 13.4. The Balaban J connectivity index is 0.821. The van der Waals surface area contributed by atoms with Crippen molar-refractivity contribution in [3.8, 4) is 22.8 Å². The SMILES string of the molecule is Nc1nnc(-c2ccccc2O)cc1OCCc1ccc(CNCCCC2CN(c3cccc4c3C(=O)N(C3CCC(=O)NC3=O)C4=O)C2)cc1. The third-order valence-electron chi connectivity index (χ3n) is 9.68. The largest absolute Gasteiger partial charge is 0.507 e. The van der Waals surface area contributed by atoms with Crippen molar-refractivity contribution in [1.29, 1.82) is 0 Å². The molecule has 5 N–H and O–H groups in total. The fraction of sp³-hybridized carbons (Fsp3) is 0.316. The van der Waals surface area contributed by atoms with Crippen molar-refractivity contribution >= 4 is 35.1 Å². The Morgan fingerprint density at radius 3 is 2.47 bits per heavy atom. The summed E-state index contributed by atoms with van der Waals surface area (Å²) in [5, 5.41) is 24.0. The van der Waals surface area contributed by atoms with Crippen LogP contribution in [0.1, 0.15) is 57.5 Å². The summed E-state index contributed by atoms with van der Waals surface area (Å²) in [5.74, 6) is -0.740. The number of aromatic nitrogens is 2. The molecule has 1 unspecified atom stereocenters. The molecule has 1 aromatic heterocycles. The monoisotopic (exact) mass is 689 g/mol. The highest BCUT2D eigenvalue weighted by Crippen LogP contribution is 2.37. The highest BCUT2D eigenvalue weighted by atomic mass is 16.5. The molecule has 4 heterocycles. The molecule has 13 heteroatoms. The highest BCUT2D eigenvalue weighted by molar-refractivity contribution is 6.25. The molecular weight excluding hydrogens is 650 g/mol. The van der Waals surface area contributed by atoms with Gasteiger partial charge in [-0.3, -0.25) is 29.4 Å². The van der Waals surface area contributed by atoms with Gasteiger partial charge in [0, 0.05) is 44.1 Å². The topological polar surface area (TPSA) is 180 Å². The predicted molar refractivity (Wildman–Crippen MR) is 189 cm³/mol. The van der Waals surface area contributed by atoms with Gasteiger partial charge in [-0.1, -0.05) is 42.5 Å². The Kier molecular flexibility index (Phi) is 9.62. The molecule has 0 bridgehead atoms. The number of imide groups is 2. The van der Waals surface area contributed by atoms with E-state index in [0.29, 0.717) is 47.1 Å². The fourth-order valence-electron chi connectivity index (χ4n) is 6.88. The number of phenolic OH excluding ortho intramolecular Hbond substituents is 1. The van der Waals surface area contributed by atoms with Gasteiger partial charge in [0.15, 0.2) is 11.6 Å². The van der Waals surface area contributed by atoms with Crippen molar-refractivity contribution in [3.63, 3.8) is 0 Å². The second-order valence-electron chi connectivity index (χ2n) is 13.1. The second-order valence-corrected chi connectivity index (χ2v) is 13.1. The molecule has 2 saturated heterocycles. The van der Waals surface area contributed by atoms with Crippen LogP contribution >= 0.6 is 0 Å². The average Bonchev–Trinajstić information content (AvgIpc) is 3.36. The van der Waals surface area contributed by atoms with E-state index in [-0.39, 0.29) is 24.4 Å². The quantitative estimate of drug-likeness (QED) is 0.119. The summed E-state index contributed by atoms with van der Waals surface area (Å²) < 4.78 is 5.91. The number of amides is 4. The van der Waals surface area contributed by atoms with Crippen molar-refractivity contribution < 1.29 is 29.0 Å². The van der Waals surface area contributed by atoms with Gasteiger partial charge >= 0.3 is 0 Å². The number of piperidine rings is 1. The number of nitrogens with zero attached hydrogens (tertiary/aromatic N) is 4. The zero-order chi connectivity index (χ0) is 35.5. The van der Waals surface area contributed by atoms with Gasteiger partial charge in [0.1, 0.15) is 17.5 Å². The van der Waals surface area contributed by atoms with E-state index in [1.165, 1.54) is 5.56 Å². The summed E-state index contributed by atoms with van der Waals surface area (Å²) >= 11 is 0. The van der Waals surface area contributed by atoms with Crippen molar-refractivity contribution in [2.24, 2.45) is 5.92 Å². The zero-order valence-corrected chi connectivity index (χ0v) is 28.0. The van der Waals surface area contributed by atoms with Crippen LogP contribution in [0.5, 0.6) is 11.5 Å². The van der Waals surface area contributed by atoms with Crippen molar-refractivity contribution in [3.05, 3.63) is 95.1 Å². The van der Waals surface area contributed by atoms with Crippen LogP contribution in [0.2, 0.25) is 0 Å². The number of nitrogens with two attached hydrogens (primary N) is 1. The van der Waals surface area contributed by atoms with E-state index in [0.717, 1.165) is 55.2 Å². The molecule has 51 heavy (non-hydrogen) atoms. The lowest BCUT2D eigenvalue weighted by molar-refractivity contribution is -0.136.